The number of rotatable bonds is 1. The number of anilines is 2. The maximum absolute atomic E-state index is 5.93. The van der Waals surface area contributed by atoms with Crippen molar-refractivity contribution in [1.29, 1.82) is 0 Å². The summed E-state index contributed by atoms with van der Waals surface area (Å²) in [5.41, 5.74) is 12.7. The van der Waals surface area contributed by atoms with Gasteiger partial charge < -0.3 is 11.5 Å². The van der Waals surface area contributed by atoms with Gasteiger partial charge in [0, 0.05) is 16.3 Å². The quantitative estimate of drug-likeness (QED) is 0.653. The Hall–Kier alpha value is -1.86. The van der Waals surface area contributed by atoms with Crippen LogP contribution in [0.5, 0.6) is 0 Å². The molecule has 0 aliphatic heterocycles. The Morgan fingerprint density at radius 2 is 2.06 bits per heavy atom. The summed E-state index contributed by atoms with van der Waals surface area (Å²) in [7, 11) is 0. The van der Waals surface area contributed by atoms with E-state index < -0.39 is 0 Å². The van der Waals surface area contributed by atoms with E-state index in [2.05, 4.69) is 15.3 Å². The zero-order valence-corrected chi connectivity index (χ0v) is 10.0. The summed E-state index contributed by atoms with van der Waals surface area (Å²) in [4.78, 5) is 0.622. The van der Waals surface area contributed by atoms with E-state index in [9.17, 15) is 0 Å². The number of nitrogen functional groups attached to an aromatic ring is 2. The van der Waals surface area contributed by atoms with Crippen LogP contribution in [0.4, 0.5) is 10.8 Å². The van der Waals surface area contributed by atoms with Gasteiger partial charge in [-0.25, -0.2) is 0 Å². The second kappa shape index (κ2) is 3.57. The van der Waals surface area contributed by atoms with Crippen LogP contribution in [-0.2, 0) is 0 Å². The lowest BCUT2D eigenvalue weighted by molar-refractivity contribution is 0.973. The first-order chi connectivity index (χ1) is 8.15. The molecule has 86 valence electrons. The number of nitrogens with two attached hydrogens (primary N) is 2. The van der Waals surface area contributed by atoms with Gasteiger partial charge in [-0.1, -0.05) is 22.9 Å². The average molecular weight is 267 g/mol. The predicted octanol–water partition coefficient (Wildman–Crippen LogP) is 1.67. The Balaban J connectivity index is 2.29. The molecule has 4 N–H and O–H groups in total. The summed E-state index contributed by atoms with van der Waals surface area (Å²) in [6, 6.07) is 5.16. The Kier molecular flexibility index (Phi) is 2.17. The van der Waals surface area contributed by atoms with Gasteiger partial charge in [0.05, 0.1) is 0 Å². The standard InChI is InChI=1S/C9H7ClN6S/c10-4-1-2-6(11)5(3-4)7-13-14-9-16(7)15-8(12)17-9/h1-3H,11H2,(H2,12,15). The van der Waals surface area contributed by atoms with E-state index in [1.54, 1.807) is 22.7 Å². The number of benzene rings is 1. The molecule has 1 aromatic carbocycles. The Morgan fingerprint density at radius 3 is 2.88 bits per heavy atom. The van der Waals surface area contributed by atoms with Crippen LogP contribution in [0.1, 0.15) is 0 Å². The van der Waals surface area contributed by atoms with Gasteiger partial charge in [0.25, 0.3) is 0 Å². The summed E-state index contributed by atoms with van der Waals surface area (Å²) >= 11 is 7.19. The predicted molar refractivity (Wildman–Crippen MR) is 67.9 cm³/mol. The minimum Gasteiger partial charge on any atom is -0.398 e. The molecule has 0 atom stereocenters. The second-order valence-electron chi connectivity index (χ2n) is 3.39. The lowest BCUT2D eigenvalue weighted by Crippen LogP contribution is -1.96. The van der Waals surface area contributed by atoms with Crippen molar-refractivity contribution < 1.29 is 0 Å². The van der Waals surface area contributed by atoms with Gasteiger partial charge in [-0.3, -0.25) is 0 Å². The van der Waals surface area contributed by atoms with Crippen LogP contribution in [0.2, 0.25) is 5.02 Å². The molecule has 0 unspecified atom stereocenters. The number of halogens is 1. The average Bonchev–Trinajstić information content (AvgIpc) is 2.80. The zero-order chi connectivity index (χ0) is 12.0. The van der Waals surface area contributed by atoms with E-state index in [4.69, 9.17) is 23.1 Å². The molecule has 3 rings (SSSR count). The Morgan fingerprint density at radius 1 is 1.24 bits per heavy atom. The summed E-state index contributed by atoms with van der Waals surface area (Å²) < 4.78 is 1.56. The molecule has 8 heteroatoms. The summed E-state index contributed by atoms with van der Waals surface area (Å²) in [5.74, 6) is 0.535. The molecule has 2 heterocycles. The van der Waals surface area contributed by atoms with E-state index in [-0.39, 0.29) is 0 Å². The third-order valence-corrected chi connectivity index (χ3v) is 3.23. The van der Waals surface area contributed by atoms with E-state index >= 15 is 0 Å². The molecular weight excluding hydrogens is 260 g/mol. The molecular formula is C9H7ClN6S. The number of nitrogens with zero attached hydrogens (tertiary/aromatic N) is 4. The number of hydrogen-bond acceptors (Lipinski definition) is 6. The van der Waals surface area contributed by atoms with Crippen LogP contribution in [-0.4, -0.2) is 19.8 Å². The summed E-state index contributed by atoms with van der Waals surface area (Å²) in [6.45, 7) is 0. The summed E-state index contributed by atoms with van der Waals surface area (Å²) in [6.07, 6.45) is 0. The van der Waals surface area contributed by atoms with Crippen molar-refractivity contribution >= 4 is 38.7 Å². The maximum Gasteiger partial charge on any atom is 0.236 e. The zero-order valence-electron chi connectivity index (χ0n) is 8.46. The first-order valence-corrected chi connectivity index (χ1v) is 5.88. The van der Waals surface area contributed by atoms with E-state index in [0.29, 0.717) is 32.2 Å². The lowest BCUT2D eigenvalue weighted by atomic mass is 10.2. The van der Waals surface area contributed by atoms with Gasteiger partial charge in [-0.05, 0) is 18.2 Å². The molecule has 3 aromatic rings. The second-order valence-corrected chi connectivity index (χ2v) is 4.81. The van der Waals surface area contributed by atoms with Gasteiger partial charge >= 0.3 is 0 Å². The van der Waals surface area contributed by atoms with Crippen molar-refractivity contribution in [2.75, 3.05) is 11.5 Å². The molecule has 2 aromatic heterocycles. The van der Waals surface area contributed by atoms with Crippen LogP contribution in [0.15, 0.2) is 18.2 Å². The fraction of sp³-hybridized carbons (Fsp3) is 0. The Labute approximate surface area is 105 Å². The molecule has 0 saturated carbocycles. The van der Waals surface area contributed by atoms with Crippen LogP contribution >= 0.6 is 22.9 Å². The smallest absolute Gasteiger partial charge is 0.236 e. The molecule has 0 aliphatic rings. The molecule has 0 spiro atoms. The highest BCUT2D eigenvalue weighted by molar-refractivity contribution is 7.20. The minimum absolute atomic E-state index is 0.428. The van der Waals surface area contributed by atoms with Crippen LogP contribution in [0.3, 0.4) is 0 Å². The van der Waals surface area contributed by atoms with Crippen molar-refractivity contribution in [1.82, 2.24) is 19.8 Å². The topological polar surface area (TPSA) is 95.1 Å². The van der Waals surface area contributed by atoms with Gasteiger partial charge in [-0.2, -0.15) is 4.52 Å². The van der Waals surface area contributed by atoms with E-state index in [1.165, 1.54) is 11.3 Å². The molecule has 0 amide bonds. The van der Waals surface area contributed by atoms with Crippen LogP contribution < -0.4 is 11.5 Å². The lowest BCUT2D eigenvalue weighted by Gasteiger charge is -2.02. The van der Waals surface area contributed by atoms with Gasteiger partial charge in [0.1, 0.15) is 0 Å². The number of fused-ring (bicyclic) bond motifs is 1. The van der Waals surface area contributed by atoms with Crippen molar-refractivity contribution in [3.63, 3.8) is 0 Å². The SMILES string of the molecule is Nc1nn2c(-c3cc(Cl)ccc3N)nnc2s1. The highest BCUT2D eigenvalue weighted by Crippen LogP contribution is 2.29. The van der Waals surface area contributed by atoms with Gasteiger partial charge in [0.2, 0.25) is 10.1 Å². The third kappa shape index (κ3) is 1.60. The fourth-order valence-electron chi connectivity index (χ4n) is 1.52. The molecule has 17 heavy (non-hydrogen) atoms. The normalized spacial score (nSPS) is 11.1. The van der Waals surface area contributed by atoms with Crippen molar-refractivity contribution in [2.24, 2.45) is 0 Å². The first-order valence-electron chi connectivity index (χ1n) is 4.68. The van der Waals surface area contributed by atoms with Crippen molar-refractivity contribution in [2.45, 2.75) is 0 Å². The molecule has 0 saturated heterocycles. The number of aromatic nitrogens is 4. The van der Waals surface area contributed by atoms with Crippen molar-refractivity contribution in [3.8, 4) is 11.4 Å². The Bertz CT molecular complexity index is 703. The molecule has 0 fully saturated rings. The van der Waals surface area contributed by atoms with Crippen LogP contribution in [0, 0.1) is 0 Å². The third-order valence-electron chi connectivity index (χ3n) is 2.26. The molecule has 0 radical (unpaired) electrons. The minimum atomic E-state index is 0.428. The molecule has 0 aliphatic carbocycles. The van der Waals surface area contributed by atoms with E-state index in [0.717, 1.165) is 0 Å². The first kappa shape index (κ1) is 10.3. The van der Waals surface area contributed by atoms with E-state index in [1.807, 2.05) is 0 Å². The van der Waals surface area contributed by atoms with Crippen LogP contribution in [0.25, 0.3) is 16.3 Å². The van der Waals surface area contributed by atoms with Gasteiger partial charge in [0.15, 0.2) is 5.82 Å². The van der Waals surface area contributed by atoms with Crippen molar-refractivity contribution in [3.05, 3.63) is 23.2 Å². The maximum atomic E-state index is 5.93. The monoisotopic (exact) mass is 266 g/mol. The highest BCUT2D eigenvalue weighted by Gasteiger charge is 2.14. The number of hydrogen-bond donors (Lipinski definition) is 2. The molecule has 0 bridgehead atoms. The molecule has 6 nitrogen and oxygen atoms in total. The largest absolute Gasteiger partial charge is 0.398 e. The highest BCUT2D eigenvalue weighted by atomic mass is 35.5. The summed E-state index contributed by atoms with van der Waals surface area (Å²) in [5, 5.41) is 13.1. The van der Waals surface area contributed by atoms with Gasteiger partial charge in [-0.15, -0.1) is 15.3 Å². The fourth-order valence-corrected chi connectivity index (χ4v) is 2.30.